The number of benzene rings is 2. The zero-order valence-corrected chi connectivity index (χ0v) is 15.3. The maximum atomic E-state index is 12.4. The van der Waals surface area contributed by atoms with E-state index < -0.39 is 23.5 Å². The molecule has 1 heterocycles. The summed E-state index contributed by atoms with van der Waals surface area (Å²) in [6.07, 6.45) is -1.10. The SMILES string of the molecule is COc1ccc2oc(=O)c(C(=O)O[C@@H](C)C(=O)c3cccc(Cl)c3)cc2c1. The molecule has 0 saturated heterocycles. The number of Topliss-reactive ketones (excluding diaryl/α,β-unsaturated/α-hetero) is 1. The van der Waals surface area contributed by atoms with Crippen molar-refractivity contribution in [1.82, 2.24) is 0 Å². The first-order valence-electron chi connectivity index (χ1n) is 8.01. The number of ketones is 1. The van der Waals surface area contributed by atoms with Crippen LogP contribution in [0.4, 0.5) is 0 Å². The highest BCUT2D eigenvalue weighted by Crippen LogP contribution is 2.21. The van der Waals surface area contributed by atoms with Gasteiger partial charge in [0.05, 0.1) is 7.11 Å². The average Bonchev–Trinajstić information content (AvgIpc) is 2.66. The fourth-order valence-corrected chi connectivity index (χ4v) is 2.72. The number of halogens is 1. The lowest BCUT2D eigenvalue weighted by Crippen LogP contribution is -2.27. The molecule has 0 radical (unpaired) electrons. The molecule has 1 aromatic heterocycles. The van der Waals surface area contributed by atoms with Crippen LogP contribution in [0.1, 0.15) is 27.6 Å². The third-order valence-corrected chi connectivity index (χ3v) is 4.16. The third-order valence-electron chi connectivity index (χ3n) is 3.92. The van der Waals surface area contributed by atoms with Crippen molar-refractivity contribution in [3.8, 4) is 5.75 Å². The number of carbonyl (C=O) groups excluding carboxylic acids is 2. The molecule has 0 aliphatic rings. The zero-order chi connectivity index (χ0) is 19.6. The van der Waals surface area contributed by atoms with Crippen molar-refractivity contribution in [2.45, 2.75) is 13.0 Å². The quantitative estimate of drug-likeness (QED) is 0.376. The van der Waals surface area contributed by atoms with Crippen molar-refractivity contribution in [2.24, 2.45) is 0 Å². The van der Waals surface area contributed by atoms with Crippen LogP contribution in [0.3, 0.4) is 0 Å². The Labute approximate surface area is 159 Å². The van der Waals surface area contributed by atoms with Crippen molar-refractivity contribution >= 4 is 34.3 Å². The Morgan fingerprint density at radius 3 is 2.59 bits per heavy atom. The molecule has 0 aliphatic carbocycles. The summed E-state index contributed by atoms with van der Waals surface area (Å²) in [6.45, 7) is 1.42. The van der Waals surface area contributed by atoms with Gasteiger partial charge < -0.3 is 13.9 Å². The number of methoxy groups -OCH3 is 1. The molecule has 0 amide bonds. The molecular weight excluding hydrogens is 372 g/mol. The molecule has 2 aromatic carbocycles. The standard InChI is InChI=1S/C20H15ClO6/c1-11(18(22)12-4-3-5-14(21)8-12)26-19(23)16-10-13-9-15(25-2)6-7-17(13)27-20(16)24/h3-11H,1-2H3/t11-/m0/s1. The first-order chi connectivity index (χ1) is 12.9. The number of ether oxygens (including phenoxy) is 2. The molecule has 0 unspecified atom stereocenters. The molecule has 0 fully saturated rings. The molecule has 3 rings (SSSR count). The van der Waals surface area contributed by atoms with Gasteiger partial charge in [-0.2, -0.15) is 0 Å². The van der Waals surface area contributed by atoms with Gasteiger partial charge in [0.2, 0.25) is 5.78 Å². The molecule has 6 nitrogen and oxygen atoms in total. The molecular formula is C20H15ClO6. The van der Waals surface area contributed by atoms with E-state index in [0.29, 0.717) is 27.3 Å². The predicted octanol–water partition coefficient (Wildman–Crippen LogP) is 3.88. The molecule has 0 N–H and O–H groups in total. The lowest BCUT2D eigenvalue weighted by atomic mass is 10.1. The van der Waals surface area contributed by atoms with Gasteiger partial charge in [0.1, 0.15) is 16.9 Å². The lowest BCUT2D eigenvalue weighted by Gasteiger charge is -2.12. The normalized spacial score (nSPS) is 11.8. The van der Waals surface area contributed by atoms with Crippen molar-refractivity contribution in [3.05, 3.63) is 75.1 Å². The van der Waals surface area contributed by atoms with Gasteiger partial charge in [-0.3, -0.25) is 4.79 Å². The first-order valence-corrected chi connectivity index (χ1v) is 8.39. The highest BCUT2D eigenvalue weighted by molar-refractivity contribution is 6.31. The third kappa shape index (κ3) is 4.01. The molecule has 3 aromatic rings. The van der Waals surface area contributed by atoms with Gasteiger partial charge in [-0.1, -0.05) is 23.7 Å². The Morgan fingerprint density at radius 2 is 1.89 bits per heavy atom. The van der Waals surface area contributed by atoms with Crippen LogP contribution in [0, 0.1) is 0 Å². The largest absolute Gasteiger partial charge is 0.497 e. The van der Waals surface area contributed by atoms with E-state index in [0.717, 1.165) is 0 Å². The Bertz CT molecular complexity index is 1090. The van der Waals surface area contributed by atoms with E-state index in [1.54, 1.807) is 36.4 Å². The van der Waals surface area contributed by atoms with Gasteiger partial charge >= 0.3 is 11.6 Å². The van der Waals surface area contributed by atoms with Gasteiger partial charge in [0.25, 0.3) is 0 Å². The Hall–Kier alpha value is -3.12. The zero-order valence-electron chi connectivity index (χ0n) is 14.5. The fraction of sp³-hybridized carbons (Fsp3) is 0.150. The minimum atomic E-state index is -1.10. The minimum absolute atomic E-state index is 0.304. The molecule has 1 atom stereocenters. The number of fused-ring (bicyclic) bond motifs is 1. The monoisotopic (exact) mass is 386 g/mol. The predicted molar refractivity (Wildman–Crippen MR) is 99.7 cm³/mol. The van der Waals surface area contributed by atoms with Gasteiger partial charge in [0, 0.05) is 16.0 Å². The molecule has 0 saturated carbocycles. The van der Waals surface area contributed by atoms with Crippen LogP contribution in [0.5, 0.6) is 5.75 Å². The second-order valence-electron chi connectivity index (χ2n) is 5.77. The summed E-state index contributed by atoms with van der Waals surface area (Å²) in [5.41, 5.74) is -0.542. The smallest absolute Gasteiger partial charge is 0.351 e. The van der Waals surface area contributed by atoms with E-state index in [-0.39, 0.29) is 5.56 Å². The van der Waals surface area contributed by atoms with Crippen LogP contribution in [-0.4, -0.2) is 25.0 Å². The van der Waals surface area contributed by atoms with Crippen LogP contribution in [0.15, 0.2) is 57.7 Å². The van der Waals surface area contributed by atoms with Crippen LogP contribution >= 0.6 is 11.6 Å². The Kier molecular flexibility index (Phi) is 5.28. The Morgan fingerprint density at radius 1 is 1.11 bits per heavy atom. The van der Waals surface area contributed by atoms with E-state index in [9.17, 15) is 14.4 Å². The summed E-state index contributed by atoms with van der Waals surface area (Å²) in [5.74, 6) is -0.839. The highest BCUT2D eigenvalue weighted by atomic mass is 35.5. The maximum absolute atomic E-state index is 12.4. The van der Waals surface area contributed by atoms with Crippen LogP contribution in [-0.2, 0) is 4.74 Å². The highest BCUT2D eigenvalue weighted by Gasteiger charge is 2.23. The first kappa shape index (κ1) is 18.7. The molecule has 0 aliphatic heterocycles. The summed E-state index contributed by atoms with van der Waals surface area (Å²) in [7, 11) is 1.50. The van der Waals surface area contributed by atoms with Gasteiger partial charge in [-0.25, -0.2) is 9.59 Å². The minimum Gasteiger partial charge on any atom is -0.497 e. The molecule has 0 spiro atoms. The number of hydrogen-bond acceptors (Lipinski definition) is 6. The number of carbonyl (C=O) groups is 2. The maximum Gasteiger partial charge on any atom is 0.351 e. The van der Waals surface area contributed by atoms with Gasteiger partial charge in [-0.05, 0) is 43.3 Å². The van der Waals surface area contributed by atoms with Crippen LogP contribution in [0.2, 0.25) is 5.02 Å². The number of esters is 1. The molecule has 27 heavy (non-hydrogen) atoms. The molecule has 138 valence electrons. The molecule has 0 bridgehead atoms. The topological polar surface area (TPSA) is 82.8 Å². The van der Waals surface area contributed by atoms with Crippen molar-refractivity contribution in [3.63, 3.8) is 0 Å². The van der Waals surface area contributed by atoms with Gasteiger partial charge in [-0.15, -0.1) is 0 Å². The summed E-state index contributed by atoms with van der Waals surface area (Å²) in [4.78, 5) is 36.9. The van der Waals surface area contributed by atoms with E-state index in [1.165, 1.54) is 26.2 Å². The van der Waals surface area contributed by atoms with Gasteiger partial charge in [0.15, 0.2) is 6.10 Å². The number of hydrogen-bond donors (Lipinski definition) is 0. The lowest BCUT2D eigenvalue weighted by molar-refractivity contribution is 0.0315. The summed E-state index contributed by atoms with van der Waals surface area (Å²) in [6, 6.07) is 12.5. The number of rotatable bonds is 5. The van der Waals surface area contributed by atoms with Crippen LogP contribution in [0.25, 0.3) is 11.0 Å². The van der Waals surface area contributed by atoms with Crippen LogP contribution < -0.4 is 10.4 Å². The summed E-state index contributed by atoms with van der Waals surface area (Å²) < 4.78 is 15.4. The molecule has 7 heteroatoms. The second-order valence-corrected chi connectivity index (χ2v) is 6.21. The summed E-state index contributed by atoms with van der Waals surface area (Å²) in [5, 5.41) is 0.887. The average molecular weight is 387 g/mol. The van der Waals surface area contributed by atoms with Crippen molar-refractivity contribution in [1.29, 1.82) is 0 Å². The van der Waals surface area contributed by atoms with E-state index in [4.69, 9.17) is 25.5 Å². The van der Waals surface area contributed by atoms with E-state index in [1.807, 2.05) is 0 Å². The Balaban J connectivity index is 1.85. The summed E-state index contributed by atoms with van der Waals surface area (Å²) >= 11 is 5.87. The fourth-order valence-electron chi connectivity index (χ4n) is 2.52. The van der Waals surface area contributed by atoms with Crippen molar-refractivity contribution < 1.29 is 23.5 Å². The second kappa shape index (κ2) is 7.63. The van der Waals surface area contributed by atoms with Crippen molar-refractivity contribution in [2.75, 3.05) is 7.11 Å². The van der Waals surface area contributed by atoms with E-state index in [2.05, 4.69) is 0 Å². The van der Waals surface area contributed by atoms with E-state index >= 15 is 0 Å².